The van der Waals surface area contributed by atoms with Crippen molar-refractivity contribution in [2.45, 2.75) is 6.92 Å². The highest BCUT2D eigenvalue weighted by atomic mass is 16.5. The Morgan fingerprint density at radius 3 is 2.43 bits per heavy atom. The first-order valence-electron chi connectivity index (χ1n) is 6.96. The van der Waals surface area contributed by atoms with Gasteiger partial charge in [-0.25, -0.2) is 4.79 Å². The van der Waals surface area contributed by atoms with Crippen molar-refractivity contribution >= 4 is 23.6 Å². The van der Waals surface area contributed by atoms with Gasteiger partial charge in [-0.3, -0.25) is 4.79 Å². The zero-order valence-electron chi connectivity index (χ0n) is 12.9. The Balaban J connectivity index is 2.26. The monoisotopic (exact) mass is 311 g/mol. The molecular weight excluding hydrogens is 294 g/mol. The molecule has 0 bridgehead atoms. The quantitative estimate of drug-likeness (QED) is 0.830. The Labute approximate surface area is 134 Å². The molecule has 0 fully saturated rings. The lowest BCUT2D eigenvalue weighted by Gasteiger charge is -2.11. The number of amides is 1. The summed E-state index contributed by atoms with van der Waals surface area (Å²) in [4.78, 5) is 22.9. The fourth-order valence-corrected chi connectivity index (χ4v) is 1.99. The number of rotatable bonds is 5. The van der Waals surface area contributed by atoms with E-state index in [9.17, 15) is 9.59 Å². The van der Waals surface area contributed by atoms with E-state index in [1.165, 1.54) is 13.2 Å². The van der Waals surface area contributed by atoms with Crippen LogP contribution in [0.2, 0.25) is 0 Å². The number of hydrogen-bond donors (Lipinski definition) is 2. The van der Waals surface area contributed by atoms with Crippen molar-refractivity contribution in [3.05, 3.63) is 65.2 Å². The minimum atomic E-state index is -1.04. The topological polar surface area (TPSA) is 75.6 Å². The Bertz CT molecular complexity index is 748. The van der Waals surface area contributed by atoms with Gasteiger partial charge in [-0.2, -0.15) is 0 Å². The molecule has 5 nitrogen and oxygen atoms in total. The van der Waals surface area contributed by atoms with Crippen LogP contribution >= 0.6 is 0 Å². The van der Waals surface area contributed by atoms with Crippen LogP contribution in [0.5, 0.6) is 5.75 Å². The molecule has 0 spiro atoms. The van der Waals surface area contributed by atoms with Crippen LogP contribution in [0.3, 0.4) is 0 Å². The molecule has 5 heteroatoms. The molecule has 0 heterocycles. The average molecular weight is 311 g/mol. The van der Waals surface area contributed by atoms with Crippen molar-refractivity contribution in [1.29, 1.82) is 0 Å². The predicted octanol–water partition coefficient (Wildman–Crippen LogP) is 3.35. The van der Waals surface area contributed by atoms with Gasteiger partial charge in [0.15, 0.2) is 0 Å². The first-order valence-corrected chi connectivity index (χ1v) is 6.96. The van der Waals surface area contributed by atoms with Crippen molar-refractivity contribution < 1.29 is 19.4 Å². The number of carboxylic acids is 1. The second-order valence-corrected chi connectivity index (χ2v) is 4.95. The molecule has 2 aromatic rings. The van der Waals surface area contributed by atoms with Gasteiger partial charge in [0.2, 0.25) is 0 Å². The van der Waals surface area contributed by atoms with Gasteiger partial charge in [-0.15, -0.1) is 0 Å². The number of anilines is 1. The van der Waals surface area contributed by atoms with Gasteiger partial charge >= 0.3 is 5.97 Å². The van der Waals surface area contributed by atoms with E-state index in [0.29, 0.717) is 22.6 Å². The minimum Gasteiger partial charge on any atom is -0.495 e. The summed E-state index contributed by atoms with van der Waals surface area (Å²) < 4.78 is 5.23. The number of ether oxygens (including phenoxy) is 1. The predicted molar refractivity (Wildman–Crippen MR) is 88.8 cm³/mol. The zero-order valence-corrected chi connectivity index (χ0v) is 12.9. The number of carboxylic acid groups (broad SMARTS) is 1. The van der Waals surface area contributed by atoms with Crippen molar-refractivity contribution in [2.75, 3.05) is 12.4 Å². The molecule has 23 heavy (non-hydrogen) atoms. The van der Waals surface area contributed by atoms with Crippen LogP contribution in [-0.2, 0) is 4.79 Å². The van der Waals surface area contributed by atoms with E-state index in [0.717, 1.165) is 11.6 Å². The molecule has 0 saturated heterocycles. The maximum absolute atomic E-state index is 12.3. The van der Waals surface area contributed by atoms with Crippen molar-refractivity contribution in [3.63, 3.8) is 0 Å². The fourth-order valence-electron chi connectivity index (χ4n) is 1.99. The third-order valence-corrected chi connectivity index (χ3v) is 3.20. The second-order valence-electron chi connectivity index (χ2n) is 4.95. The molecule has 0 unspecified atom stereocenters. The lowest BCUT2D eigenvalue weighted by atomic mass is 10.1. The standard InChI is InChI=1S/C18H17NO4/c1-12-3-7-14(8-4-12)18(22)19-15-11-13(6-10-17(20)21)5-9-16(15)23-2/h3-11H,1-2H3,(H,19,22)(H,20,21)/b10-6+. The van der Waals surface area contributed by atoms with Crippen LogP contribution in [-0.4, -0.2) is 24.1 Å². The molecule has 0 aliphatic carbocycles. The highest BCUT2D eigenvalue weighted by molar-refractivity contribution is 6.05. The second kappa shape index (κ2) is 7.26. The summed E-state index contributed by atoms with van der Waals surface area (Å²) in [6, 6.07) is 12.2. The van der Waals surface area contributed by atoms with Crippen LogP contribution in [0.4, 0.5) is 5.69 Å². The van der Waals surface area contributed by atoms with Crippen LogP contribution in [0.25, 0.3) is 6.08 Å². The summed E-state index contributed by atoms with van der Waals surface area (Å²) >= 11 is 0. The molecule has 118 valence electrons. The molecular formula is C18H17NO4. The number of aryl methyl sites for hydroxylation is 1. The SMILES string of the molecule is COc1ccc(/C=C/C(=O)O)cc1NC(=O)c1ccc(C)cc1. The van der Waals surface area contributed by atoms with Gasteiger partial charge in [0.25, 0.3) is 5.91 Å². The fraction of sp³-hybridized carbons (Fsp3) is 0.111. The summed E-state index contributed by atoms with van der Waals surface area (Å²) in [6.45, 7) is 1.95. The Hall–Kier alpha value is -3.08. The largest absolute Gasteiger partial charge is 0.495 e. The summed E-state index contributed by atoms with van der Waals surface area (Å²) in [5.74, 6) is -0.799. The molecule has 2 aromatic carbocycles. The lowest BCUT2D eigenvalue weighted by molar-refractivity contribution is -0.131. The van der Waals surface area contributed by atoms with E-state index in [4.69, 9.17) is 9.84 Å². The molecule has 2 rings (SSSR count). The molecule has 0 aliphatic rings. The minimum absolute atomic E-state index is 0.261. The van der Waals surface area contributed by atoms with E-state index < -0.39 is 5.97 Å². The van der Waals surface area contributed by atoms with E-state index >= 15 is 0 Å². The van der Waals surface area contributed by atoms with Crippen LogP contribution in [0.1, 0.15) is 21.5 Å². The third kappa shape index (κ3) is 4.44. The highest BCUT2D eigenvalue weighted by Crippen LogP contribution is 2.26. The average Bonchev–Trinajstić information content (AvgIpc) is 2.53. The van der Waals surface area contributed by atoms with Crippen LogP contribution in [0, 0.1) is 6.92 Å². The van der Waals surface area contributed by atoms with E-state index in [-0.39, 0.29) is 5.91 Å². The molecule has 0 aromatic heterocycles. The molecule has 0 radical (unpaired) electrons. The van der Waals surface area contributed by atoms with E-state index in [1.54, 1.807) is 30.3 Å². The molecule has 2 N–H and O–H groups in total. The van der Waals surface area contributed by atoms with Crippen molar-refractivity contribution in [3.8, 4) is 5.75 Å². The van der Waals surface area contributed by atoms with E-state index in [2.05, 4.69) is 5.32 Å². The number of carbonyl (C=O) groups excluding carboxylic acids is 1. The van der Waals surface area contributed by atoms with Gasteiger partial charge < -0.3 is 15.2 Å². The Morgan fingerprint density at radius 2 is 1.83 bits per heavy atom. The van der Waals surface area contributed by atoms with Gasteiger partial charge in [-0.1, -0.05) is 23.8 Å². The first-order chi connectivity index (χ1) is 11.0. The Kier molecular flexibility index (Phi) is 5.15. The molecule has 1 amide bonds. The summed E-state index contributed by atoms with van der Waals surface area (Å²) in [5, 5.41) is 11.5. The van der Waals surface area contributed by atoms with Gasteiger partial charge in [0.1, 0.15) is 5.75 Å². The third-order valence-electron chi connectivity index (χ3n) is 3.20. The van der Waals surface area contributed by atoms with Crippen LogP contribution in [0.15, 0.2) is 48.5 Å². The maximum Gasteiger partial charge on any atom is 0.328 e. The molecule has 0 aliphatic heterocycles. The first kappa shape index (κ1) is 16.3. The smallest absolute Gasteiger partial charge is 0.328 e. The normalized spacial score (nSPS) is 10.5. The van der Waals surface area contributed by atoms with E-state index in [1.807, 2.05) is 19.1 Å². The summed E-state index contributed by atoms with van der Waals surface area (Å²) in [7, 11) is 1.50. The van der Waals surface area contributed by atoms with Crippen LogP contribution < -0.4 is 10.1 Å². The Morgan fingerprint density at radius 1 is 1.13 bits per heavy atom. The number of hydrogen-bond acceptors (Lipinski definition) is 3. The summed E-state index contributed by atoms with van der Waals surface area (Å²) in [5.41, 5.74) is 2.72. The number of aliphatic carboxylic acids is 1. The highest BCUT2D eigenvalue weighted by Gasteiger charge is 2.10. The summed E-state index contributed by atoms with van der Waals surface area (Å²) in [6.07, 6.45) is 2.48. The zero-order chi connectivity index (χ0) is 16.8. The number of carbonyl (C=O) groups is 2. The van der Waals surface area contributed by atoms with Gasteiger partial charge in [-0.05, 0) is 42.8 Å². The molecule has 0 saturated carbocycles. The lowest BCUT2D eigenvalue weighted by Crippen LogP contribution is -2.12. The van der Waals surface area contributed by atoms with Gasteiger partial charge in [0.05, 0.1) is 12.8 Å². The number of benzene rings is 2. The van der Waals surface area contributed by atoms with Crippen molar-refractivity contribution in [1.82, 2.24) is 0 Å². The maximum atomic E-state index is 12.3. The molecule has 0 atom stereocenters. The number of nitrogens with one attached hydrogen (secondary N) is 1. The van der Waals surface area contributed by atoms with Gasteiger partial charge in [0, 0.05) is 11.6 Å². The van der Waals surface area contributed by atoms with Crippen molar-refractivity contribution in [2.24, 2.45) is 0 Å². The number of methoxy groups -OCH3 is 1.